The molecular formula is C11H12ClNO2. The van der Waals surface area contributed by atoms with Crippen molar-refractivity contribution < 1.29 is 9.53 Å². The smallest absolute Gasteiger partial charge is 0.186 e. The molecule has 0 radical (unpaired) electrons. The number of benzene rings is 1. The molecule has 1 fully saturated rings. The van der Waals surface area contributed by atoms with Crippen LogP contribution >= 0.6 is 11.6 Å². The molecule has 0 amide bonds. The van der Waals surface area contributed by atoms with Crippen molar-refractivity contribution in [1.82, 2.24) is 0 Å². The summed E-state index contributed by atoms with van der Waals surface area (Å²) < 4.78 is 5.11. The van der Waals surface area contributed by atoms with Gasteiger partial charge in [0.1, 0.15) is 5.75 Å². The highest BCUT2D eigenvalue weighted by Crippen LogP contribution is 2.38. The lowest BCUT2D eigenvalue weighted by molar-refractivity contribution is 0.0946. The molecule has 0 aliphatic heterocycles. The molecule has 2 N–H and O–H groups in total. The van der Waals surface area contributed by atoms with E-state index in [-0.39, 0.29) is 5.78 Å². The SMILES string of the molecule is COc1ccc(Cl)cc1C(=O)C1(N)CC1. The van der Waals surface area contributed by atoms with Crippen LogP contribution in [-0.2, 0) is 0 Å². The molecule has 0 unspecified atom stereocenters. The zero-order valence-electron chi connectivity index (χ0n) is 8.42. The number of halogens is 1. The van der Waals surface area contributed by atoms with Crippen LogP contribution in [0.25, 0.3) is 0 Å². The molecule has 1 aliphatic carbocycles. The zero-order valence-corrected chi connectivity index (χ0v) is 9.17. The molecule has 4 heteroatoms. The van der Waals surface area contributed by atoms with E-state index >= 15 is 0 Å². The number of carbonyl (C=O) groups is 1. The van der Waals surface area contributed by atoms with Crippen molar-refractivity contribution in [1.29, 1.82) is 0 Å². The van der Waals surface area contributed by atoms with Crippen LogP contribution < -0.4 is 10.5 Å². The highest BCUT2D eigenvalue weighted by atomic mass is 35.5. The molecule has 1 aliphatic rings. The van der Waals surface area contributed by atoms with Gasteiger partial charge in [-0.1, -0.05) is 11.6 Å². The van der Waals surface area contributed by atoms with Gasteiger partial charge in [0.2, 0.25) is 0 Å². The third kappa shape index (κ3) is 1.85. The number of hydrogen-bond donors (Lipinski definition) is 1. The molecule has 1 saturated carbocycles. The minimum absolute atomic E-state index is 0.0816. The molecule has 3 nitrogen and oxygen atoms in total. The highest BCUT2D eigenvalue weighted by molar-refractivity contribution is 6.31. The van der Waals surface area contributed by atoms with Crippen LogP contribution in [0.5, 0.6) is 5.75 Å². The number of ketones is 1. The summed E-state index contributed by atoms with van der Waals surface area (Å²) in [5, 5.41) is 0.517. The lowest BCUT2D eigenvalue weighted by Gasteiger charge is -2.11. The summed E-state index contributed by atoms with van der Waals surface area (Å²) in [5.74, 6) is 0.447. The Morgan fingerprint density at radius 2 is 2.20 bits per heavy atom. The third-order valence-electron chi connectivity index (χ3n) is 2.65. The van der Waals surface area contributed by atoms with Crippen molar-refractivity contribution in [3.63, 3.8) is 0 Å². The van der Waals surface area contributed by atoms with E-state index in [1.54, 1.807) is 18.2 Å². The van der Waals surface area contributed by atoms with Gasteiger partial charge in [0, 0.05) is 5.02 Å². The molecule has 80 valence electrons. The van der Waals surface area contributed by atoms with Gasteiger partial charge < -0.3 is 10.5 Å². The third-order valence-corrected chi connectivity index (χ3v) is 2.88. The second kappa shape index (κ2) is 3.51. The zero-order chi connectivity index (χ0) is 11.1. The van der Waals surface area contributed by atoms with E-state index in [1.165, 1.54) is 7.11 Å². The van der Waals surface area contributed by atoms with Crippen LogP contribution in [0.4, 0.5) is 0 Å². The molecule has 0 aromatic heterocycles. The van der Waals surface area contributed by atoms with Crippen molar-refractivity contribution in [3.8, 4) is 5.75 Å². The maximum Gasteiger partial charge on any atom is 0.186 e. The molecule has 1 aromatic carbocycles. The first-order valence-electron chi connectivity index (χ1n) is 4.74. The fourth-order valence-corrected chi connectivity index (χ4v) is 1.66. The van der Waals surface area contributed by atoms with E-state index in [2.05, 4.69) is 0 Å². The van der Waals surface area contributed by atoms with E-state index in [4.69, 9.17) is 22.1 Å². The maximum atomic E-state index is 12.0. The monoisotopic (exact) mass is 225 g/mol. The average Bonchev–Trinajstić information content (AvgIpc) is 2.96. The fraction of sp³-hybridized carbons (Fsp3) is 0.364. The van der Waals surface area contributed by atoms with Gasteiger partial charge in [-0.25, -0.2) is 0 Å². The number of Topliss-reactive ketones (excluding diaryl/α,β-unsaturated/α-hetero) is 1. The molecule has 0 atom stereocenters. The quantitative estimate of drug-likeness (QED) is 0.801. The lowest BCUT2D eigenvalue weighted by Crippen LogP contribution is -2.33. The topological polar surface area (TPSA) is 52.3 Å². The van der Waals surface area contributed by atoms with Crippen molar-refractivity contribution >= 4 is 17.4 Å². The minimum Gasteiger partial charge on any atom is -0.496 e. The summed E-state index contributed by atoms with van der Waals surface area (Å²) in [5.41, 5.74) is 5.64. The van der Waals surface area contributed by atoms with E-state index in [0.29, 0.717) is 16.3 Å². The van der Waals surface area contributed by atoms with Crippen LogP contribution in [0, 0.1) is 0 Å². The van der Waals surface area contributed by atoms with Crippen LogP contribution in [0.1, 0.15) is 23.2 Å². The van der Waals surface area contributed by atoms with Gasteiger partial charge in [0.05, 0.1) is 18.2 Å². The van der Waals surface area contributed by atoms with Gasteiger partial charge in [-0.2, -0.15) is 0 Å². The van der Waals surface area contributed by atoms with Gasteiger partial charge in [-0.05, 0) is 31.0 Å². The first-order chi connectivity index (χ1) is 7.07. The van der Waals surface area contributed by atoms with Gasteiger partial charge in [-0.3, -0.25) is 4.79 Å². The number of methoxy groups -OCH3 is 1. The van der Waals surface area contributed by atoms with Crippen LogP contribution in [0.15, 0.2) is 18.2 Å². The normalized spacial score (nSPS) is 17.3. The molecule has 1 aromatic rings. The van der Waals surface area contributed by atoms with Crippen LogP contribution in [-0.4, -0.2) is 18.4 Å². The molecule has 2 rings (SSSR count). The largest absolute Gasteiger partial charge is 0.496 e. The summed E-state index contributed by atoms with van der Waals surface area (Å²) in [6, 6.07) is 4.98. The predicted molar refractivity (Wildman–Crippen MR) is 58.5 cm³/mol. The summed E-state index contributed by atoms with van der Waals surface area (Å²) in [7, 11) is 1.52. The number of ether oxygens (including phenoxy) is 1. The van der Waals surface area contributed by atoms with Gasteiger partial charge in [0.25, 0.3) is 0 Å². The number of carbonyl (C=O) groups excluding carboxylic acids is 1. The van der Waals surface area contributed by atoms with Crippen molar-refractivity contribution in [3.05, 3.63) is 28.8 Å². The Kier molecular flexibility index (Phi) is 2.44. The fourth-order valence-electron chi connectivity index (χ4n) is 1.49. The Morgan fingerprint density at radius 3 is 2.73 bits per heavy atom. The highest BCUT2D eigenvalue weighted by Gasteiger charge is 2.46. The Bertz CT molecular complexity index is 413. The van der Waals surface area contributed by atoms with Gasteiger partial charge in [-0.15, -0.1) is 0 Å². The van der Waals surface area contributed by atoms with E-state index in [0.717, 1.165) is 12.8 Å². The number of nitrogens with two attached hydrogens (primary N) is 1. The Balaban J connectivity index is 2.41. The Hall–Kier alpha value is -1.06. The van der Waals surface area contributed by atoms with Crippen LogP contribution in [0.3, 0.4) is 0 Å². The van der Waals surface area contributed by atoms with Crippen molar-refractivity contribution in [2.45, 2.75) is 18.4 Å². The number of rotatable bonds is 3. The van der Waals surface area contributed by atoms with E-state index < -0.39 is 5.54 Å². The summed E-state index contributed by atoms with van der Waals surface area (Å²) in [4.78, 5) is 12.0. The predicted octanol–water partition coefficient (Wildman–Crippen LogP) is 2.02. The van der Waals surface area contributed by atoms with Gasteiger partial charge >= 0.3 is 0 Å². The van der Waals surface area contributed by atoms with Crippen molar-refractivity contribution in [2.75, 3.05) is 7.11 Å². The maximum absolute atomic E-state index is 12.0. The first kappa shape index (κ1) is 10.5. The summed E-state index contributed by atoms with van der Waals surface area (Å²) >= 11 is 5.84. The van der Waals surface area contributed by atoms with E-state index in [1.807, 2.05) is 0 Å². The molecule has 0 spiro atoms. The van der Waals surface area contributed by atoms with Gasteiger partial charge in [0.15, 0.2) is 5.78 Å². The number of hydrogen-bond acceptors (Lipinski definition) is 3. The Morgan fingerprint density at radius 1 is 1.53 bits per heavy atom. The minimum atomic E-state index is -0.683. The molecule has 0 saturated heterocycles. The lowest BCUT2D eigenvalue weighted by atomic mass is 10.0. The standard InChI is InChI=1S/C11H12ClNO2/c1-15-9-3-2-7(12)6-8(9)10(14)11(13)4-5-11/h2-3,6H,4-5,13H2,1H3. The first-order valence-corrected chi connectivity index (χ1v) is 5.12. The van der Waals surface area contributed by atoms with Crippen LogP contribution in [0.2, 0.25) is 5.02 Å². The summed E-state index contributed by atoms with van der Waals surface area (Å²) in [6.07, 6.45) is 1.48. The second-order valence-corrected chi connectivity index (χ2v) is 4.27. The molecule has 0 bridgehead atoms. The Labute approximate surface area is 93.2 Å². The summed E-state index contributed by atoms with van der Waals surface area (Å²) in [6.45, 7) is 0. The molecule has 0 heterocycles. The second-order valence-electron chi connectivity index (χ2n) is 3.83. The van der Waals surface area contributed by atoms with Crippen molar-refractivity contribution in [2.24, 2.45) is 5.73 Å². The molecule has 15 heavy (non-hydrogen) atoms. The molecular weight excluding hydrogens is 214 g/mol. The van der Waals surface area contributed by atoms with E-state index in [9.17, 15) is 4.79 Å². The average molecular weight is 226 g/mol.